The molecule has 0 unspecified atom stereocenters. The minimum atomic E-state index is -0.583. The van der Waals surface area contributed by atoms with Gasteiger partial charge in [0, 0.05) is 11.4 Å². The minimum Gasteiger partial charge on any atom is -0.465 e. The Hall–Kier alpha value is -2.67. The highest BCUT2D eigenvalue weighted by Crippen LogP contribution is 2.24. The molecule has 7 heteroatoms. The van der Waals surface area contributed by atoms with Gasteiger partial charge in [0.05, 0.1) is 23.9 Å². The molecule has 1 N–H and O–H groups in total. The molecule has 0 saturated carbocycles. The van der Waals surface area contributed by atoms with E-state index in [4.69, 9.17) is 9.47 Å². The van der Waals surface area contributed by atoms with Crippen LogP contribution in [0.25, 0.3) is 0 Å². The highest BCUT2D eigenvalue weighted by atomic mass is 79.9. The van der Waals surface area contributed by atoms with Crippen molar-refractivity contribution in [3.63, 3.8) is 0 Å². The van der Waals surface area contributed by atoms with Crippen molar-refractivity contribution >= 4 is 39.5 Å². The Morgan fingerprint density at radius 3 is 2.42 bits per heavy atom. The van der Waals surface area contributed by atoms with Crippen LogP contribution < -0.4 is 10.1 Å². The zero-order valence-corrected chi connectivity index (χ0v) is 14.5. The summed E-state index contributed by atoms with van der Waals surface area (Å²) in [5.74, 6) is -1.49. The number of hydrogen-bond acceptors (Lipinski definition) is 5. The lowest BCUT2D eigenvalue weighted by Gasteiger charge is -2.12. The van der Waals surface area contributed by atoms with Gasteiger partial charge in [-0.3, -0.25) is 9.59 Å². The van der Waals surface area contributed by atoms with E-state index in [1.165, 1.54) is 26.2 Å². The van der Waals surface area contributed by atoms with Crippen LogP contribution >= 0.6 is 15.9 Å². The third kappa shape index (κ3) is 4.20. The summed E-state index contributed by atoms with van der Waals surface area (Å²) in [7, 11) is 1.25. The summed E-state index contributed by atoms with van der Waals surface area (Å²) in [6, 6.07) is 11.1. The second-order valence-electron chi connectivity index (χ2n) is 4.73. The molecular weight excluding hydrogens is 378 g/mol. The number of methoxy groups -OCH3 is 1. The molecule has 24 heavy (non-hydrogen) atoms. The van der Waals surface area contributed by atoms with E-state index in [1.807, 2.05) is 0 Å². The predicted octanol–water partition coefficient (Wildman–Crippen LogP) is 3.41. The quantitative estimate of drug-likeness (QED) is 0.637. The summed E-state index contributed by atoms with van der Waals surface area (Å²) in [5.41, 5.74) is 0.657. The Kier molecular flexibility index (Phi) is 5.70. The molecule has 0 aliphatic rings. The van der Waals surface area contributed by atoms with Gasteiger partial charge in [0.15, 0.2) is 0 Å². The standard InChI is InChI=1S/C17H14BrNO5/c1-10(20)24-15-6-4-3-5-12(15)16(21)19-14-8-7-11(18)9-13(14)17(22)23-2/h3-9H,1-2H3,(H,19,21). The number of hydrogen-bond donors (Lipinski definition) is 1. The van der Waals surface area contributed by atoms with E-state index in [2.05, 4.69) is 21.2 Å². The van der Waals surface area contributed by atoms with E-state index >= 15 is 0 Å². The van der Waals surface area contributed by atoms with E-state index in [0.29, 0.717) is 4.47 Å². The third-order valence-electron chi connectivity index (χ3n) is 3.02. The molecule has 0 bridgehead atoms. The summed E-state index contributed by atoms with van der Waals surface area (Å²) in [6.45, 7) is 1.25. The fourth-order valence-electron chi connectivity index (χ4n) is 1.99. The molecule has 0 saturated heterocycles. The molecule has 2 aromatic rings. The van der Waals surface area contributed by atoms with Gasteiger partial charge in [-0.2, -0.15) is 0 Å². The van der Waals surface area contributed by atoms with Crippen molar-refractivity contribution in [3.8, 4) is 5.75 Å². The monoisotopic (exact) mass is 391 g/mol. The number of halogens is 1. The fourth-order valence-corrected chi connectivity index (χ4v) is 2.35. The van der Waals surface area contributed by atoms with Gasteiger partial charge in [0.1, 0.15) is 5.75 Å². The molecule has 0 spiro atoms. The number of esters is 2. The maximum Gasteiger partial charge on any atom is 0.340 e. The number of para-hydroxylation sites is 1. The lowest BCUT2D eigenvalue weighted by molar-refractivity contribution is -0.131. The van der Waals surface area contributed by atoms with Crippen molar-refractivity contribution in [1.29, 1.82) is 0 Å². The van der Waals surface area contributed by atoms with Gasteiger partial charge in [0.25, 0.3) is 5.91 Å². The summed E-state index contributed by atoms with van der Waals surface area (Å²) in [5, 5.41) is 2.63. The van der Waals surface area contributed by atoms with Crippen LogP contribution in [0.15, 0.2) is 46.9 Å². The number of benzene rings is 2. The minimum absolute atomic E-state index is 0.138. The number of ether oxygens (including phenoxy) is 2. The number of amides is 1. The summed E-state index contributed by atoms with van der Waals surface area (Å²) >= 11 is 3.27. The number of anilines is 1. The Bertz CT molecular complexity index is 803. The van der Waals surface area contributed by atoms with Crippen molar-refractivity contribution in [1.82, 2.24) is 0 Å². The van der Waals surface area contributed by atoms with Gasteiger partial charge in [-0.1, -0.05) is 28.1 Å². The topological polar surface area (TPSA) is 81.7 Å². The largest absolute Gasteiger partial charge is 0.465 e. The SMILES string of the molecule is COC(=O)c1cc(Br)ccc1NC(=O)c1ccccc1OC(C)=O. The Morgan fingerprint density at radius 2 is 1.75 bits per heavy atom. The number of carbonyl (C=O) groups excluding carboxylic acids is 3. The first kappa shape index (κ1) is 17.7. The Morgan fingerprint density at radius 1 is 1.04 bits per heavy atom. The van der Waals surface area contributed by atoms with Gasteiger partial charge >= 0.3 is 11.9 Å². The molecule has 0 radical (unpaired) electrons. The van der Waals surface area contributed by atoms with Crippen LogP contribution in [0.4, 0.5) is 5.69 Å². The average molecular weight is 392 g/mol. The van der Waals surface area contributed by atoms with Crippen molar-refractivity contribution < 1.29 is 23.9 Å². The average Bonchev–Trinajstić information content (AvgIpc) is 2.55. The lowest BCUT2D eigenvalue weighted by atomic mass is 10.1. The summed E-state index contributed by atoms with van der Waals surface area (Å²) in [4.78, 5) is 35.5. The second kappa shape index (κ2) is 7.74. The highest BCUT2D eigenvalue weighted by molar-refractivity contribution is 9.10. The van der Waals surface area contributed by atoms with Crippen molar-refractivity contribution in [2.75, 3.05) is 12.4 Å². The zero-order chi connectivity index (χ0) is 17.7. The predicted molar refractivity (Wildman–Crippen MR) is 91.2 cm³/mol. The first-order chi connectivity index (χ1) is 11.4. The maximum atomic E-state index is 12.5. The van der Waals surface area contributed by atoms with E-state index in [0.717, 1.165) is 0 Å². The molecule has 0 aliphatic carbocycles. The third-order valence-corrected chi connectivity index (χ3v) is 3.51. The lowest BCUT2D eigenvalue weighted by Crippen LogP contribution is -2.17. The second-order valence-corrected chi connectivity index (χ2v) is 5.64. The molecule has 124 valence electrons. The van der Waals surface area contributed by atoms with Crippen molar-refractivity contribution in [2.24, 2.45) is 0 Å². The molecule has 6 nitrogen and oxygen atoms in total. The van der Waals surface area contributed by atoms with E-state index < -0.39 is 17.8 Å². The van der Waals surface area contributed by atoms with Crippen molar-refractivity contribution in [3.05, 3.63) is 58.1 Å². The highest BCUT2D eigenvalue weighted by Gasteiger charge is 2.18. The van der Waals surface area contributed by atoms with Gasteiger partial charge in [-0.15, -0.1) is 0 Å². The Labute approximate surface area is 146 Å². The Balaban J connectivity index is 2.34. The van der Waals surface area contributed by atoms with E-state index in [-0.39, 0.29) is 22.6 Å². The number of carbonyl (C=O) groups is 3. The molecule has 2 rings (SSSR count). The molecule has 1 amide bonds. The van der Waals surface area contributed by atoms with Crippen LogP contribution in [0.2, 0.25) is 0 Å². The molecule has 0 aliphatic heterocycles. The molecule has 0 aromatic heterocycles. The molecule has 0 heterocycles. The van der Waals surface area contributed by atoms with E-state index in [9.17, 15) is 14.4 Å². The van der Waals surface area contributed by atoms with Crippen LogP contribution in [0.1, 0.15) is 27.6 Å². The number of nitrogens with one attached hydrogen (secondary N) is 1. The van der Waals surface area contributed by atoms with E-state index in [1.54, 1.807) is 30.3 Å². The number of rotatable bonds is 4. The van der Waals surface area contributed by atoms with Crippen LogP contribution in [0, 0.1) is 0 Å². The van der Waals surface area contributed by atoms with Crippen LogP contribution in [-0.2, 0) is 9.53 Å². The normalized spacial score (nSPS) is 9.96. The van der Waals surface area contributed by atoms with Gasteiger partial charge in [-0.25, -0.2) is 4.79 Å². The molecule has 2 aromatic carbocycles. The van der Waals surface area contributed by atoms with Crippen molar-refractivity contribution in [2.45, 2.75) is 6.92 Å². The summed E-state index contributed by atoms with van der Waals surface area (Å²) < 4.78 is 10.4. The van der Waals surface area contributed by atoms with Gasteiger partial charge in [0.2, 0.25) is 0 Å². The van der Waals surface area contributed by atoms with Gasteiger partial charge in [-0.05, 0) is 30.3 Å². The maximum absolute atomic E-state index is 12.5. The smallest absolute Gasteiger partial charge is 0.340 e. The molecule has 0 atom stereocenters. The fraction of sp³-hybridized carbons (Fsp3) is 0.118. The first-order valence-corrected chi connectivity index (χ1v) is 7.68. The summed E-state index contributed by atoms with van der Waals surface area (Å²) in [6.07, 6.45) is 0. The van der Waals surface area contributed by atoms with Crippen LogP contribution in [0.5, 0.6) is 5.75 Å². The van der Waals surface area contributed by atoms with Gasteiger partial charge < -0.3 is 14.8 Å². The van der Waals surface area contributed by atoms with Crippen LogP contribution in [0.3, 0.4) is 0 Å². The first-order valence-electron chi connectivity index (χ1n) is 6.89. The van der Waals surface area contributed by atoms with Crippen LogP contribution in [-0.4, -0.2) is 25.0 Å². The molecular formula is C17H14BrNO5. The zero-order valence-electron chi connectivity index (χ0n) is 13.0. The molecule has 0 fully saturated rings.